The average Bonchev–Trinajstić information content (AvgIpc) is 2.86. The molecule has 1 aromatic heterocycles. The van der Waals surface area contributed by atoms with Crippen LogP contribution in [0.2, 0.25) is 0 Å². The second-order valence-electron chi connectivity index (χ2n) is 8.28. The topological polar surface area (TPSA) is 63.2 Å². The molecule has 0 atom stereocenters. The Morgan fingerprint density at radius 3 is 2.06 bits per heavy atom. The van der Waals surface area contributed by atoms with E-state index in [0.717, 1.165) is 17.1 Å². The monoisotopic (exact) mass is 451 g/mol. The summed E-state index contributed by atoms with van der Waals surface area (Å²) in [6, 6.07) is 30.2. The zero-order chi connectivity index (χ0) is 23.9. The third kappa shape index (κ3) is 5.62. The number of aromatic nitrogens is 1. The van der Waals surface area contributed by atoms with Crippen LogP contribution >= 0.6 is 0 Å². The van der Waals surface area contributed by atoms with E-state index in [1.54, 1.807) is 19.1 Å². The molecule has 0 bridgehead atoms. The standard InChI is InChI=1S/C29H29N3O2/c1-4-34-29(33)27-10-7-11-28(32-27)31-24-18-16-23(17-19-24)30-22-14-12-21(13-15-22)26-9-6-5-8-25(26)20(2)3/h5-20,30H,4H2,1-3H3,(H,31,32). The fraction of sp³-hybridized carbons (Fsp3) is 0.172. The number of carbonyl (C=O) groups is 1. The molecule has 4 aromatic rings. The van der Waals surface area contributed by atoms with E-state index in [9.17, 15) is 4.79 Å². The van der Waals surface area contributed by atoms with Crippen molar-refractivity contribution in [2.75, 3.05) is 17.2 Å². The van der Waals surface area contributed by atoms with Gasteiger partial charge >= 0.3 is 5.97 Å². The summed E-state index contributed by atoms with van der Waals surface area (Å²) < 4.78 is 5.02. The van der Waals surface area contributed by atoms with Crippen LogP contribution in [0.4, 0.5) is 22.9 Å². The van der Waals surface area contributed by atoms with Gasteiger partial charge in [-0.05, 0) is 78.1 Å². The lowest BCUT2D eigenvalue weighted by atomic mass is 9.92. The third-order valence-corrected chi connectivity index (χ3v) is 5.46. The maximum absolute atomic E-state index is 11.9. The molecule has 0 aliphatic carbocycles. The number of rotatable bonds is 8. The minimum atomic E-state index is -0.426. The van der Waals surface area contributed by atoms with Crippen molar-refractivity contribution < 1.29 is 9.53 Å². The minimum Gasteiger partial charge on any atom is -0.461 e. The molecule has 2 N–H and O–H groups in total. The Hall–Kier alpha value is -4.12. The van der Waals surface area contributed by atoms with Gasteiger partial charge in [-0.2, -0.15) is 0 Å². The van der Waals surface area contributed by atoms with Gasteiger partial charge in [0.05, 0.1) is 6.61 Å². The van der Waals surface area contributed by atoms with Crippen molar-refractivity contribution in [3.05, 3.63) is 102 Å². The summed E-state index contributed by atoms with van der Waals surface area (Å²) in [6.07, 6.45) is 0. The maximum atomic E-state index is 11.9. The van der Waals surface area contributed by atoms with Crippen molar-refractivity contribution in [2.24, 2.45) is 0 Å². The Morgan fingerprint density at radius 2 is 1.41 bits per heavy atom. The molecule has 0 radical (unpaired) electrons. The third-order valence-electron chi connectivity index (χ3n) is 5.46. The van der Waals surface area contributed by atoms with Gasteiger partial charge in [-0.15, -0.1) is 0 Å². The summed E-state index contributed by atoms with van der Waals surface area (Å²) in [5.41, 5.74) is 7.01. The molecule has 0 unspecified atom stereocenters. The van der Waals surface area contributed by atoms with Crippen LogP contribution in [0.1, 0.15) is 42.7 Å². The molecule has 1 heterocycles. The zero-order valence-corrected chi connectivity index (χ0v) is 19.7. The number of anilines is 4. The molecule has 0 aliphatic rings. The average molecular weight is 452 g/mol. The summed E-state index contributed by atoms with van der Waals surface area (Å²) in [4.78, 5) is 16.2. The number of carbonyl (C=O) groups excluding carboxylic acids is 1. The van der Waals surface area contributed by atoms with Crippen molar-refractivity contribution in [3.63, 3.8) is 0 Å². The normalized spacial score (nSPS) is 10.7. The van der Waals surface area contributed by atoms with Gasteiger partial charge in [0.15, 0.2) is 5.69 Å². The van der Waals surface area contributed by atoms with Crippen LogP contribution in [0.5, 0.6) is 0 Å². The molecule has 4 rings (SSSR count). The number of hydrogen-bond acceptors (Lipinski definition) is 5. The van der Waals surface area contributed by atoms with Crippen LogP contribution in [0.3, 0.4) is 0 Å². The van der Waals surface area contributed by atoms with E-state index in [1.807, 2.05) is 30.3 Å². The fourth-order valence-corrected chi connectivity index (χ4v) is 3.77. The Morgan fingerprint density at radius 1 is 0.794 bits per heavy atom. The number of nitrogens with one attached hydrogen (secondary N) is 2. The molecule has 5 heteroatoms. The predicted molar refractivity (Wildman–Crippen MR) is 139 cm³/mol. The van der Waals surface area contributed by atoms with Crippen LogP contribution in [0.15, 0.2) is 91.0 Å². The summed E-state index contributed by atoms with van der Waals surface area (Å²) in [7, 11) is 0. The number of ether oxygens (including phenoxy) is 1. The molecule has 3 aromatic carbocycles. The highest BCUT2D eigenvalue weighted by molar-refractivity contribution is 5.87. The molecule has 0 aliphatic heterocycles. The molecule has 0 spiro atoms. The van der Waals surface area contributed by atoms with Crippen molar-refractivity contribution in [1.29, 1.82) is 0 Å². The number of benzene rings is 3. The smallest absolute Gasteiger partial charge is 0.356 e. The molecule has 0 fully saturated rings. The van der Waals surface area contributed by atoms with Crippen LogP contribution in [-0.4, -0.2) is 17.6 Å². The van der Waals surface area contributed by atoms with E-state index < -0.39 is 5.97 Å². The second-order valence-corrected chi connectivity index (χ2v) is 8.28. The van der Waals surface area contributed by atoms with E-state index in [2.05, 4.69) is 78.0 Å². The van der Waals surface area contributed by atoms with Gasteiger partial charge in [-0.1, -0.05) is 56.3 Å². The fourth-order valence-electron chi connectivity index (χ4n) is 3.77. The van der Waals surface area contributed by atoms with E-state index in [0.29, 0.717) is 18.3 Å². The Balaban J connectivity index is 1.42. The Bertz CT molecular complexity index is 1250. The maximum Gasteiger partial charge on any atom is 0.356 e. The van der Waals surface area contributed by atoms with Gasteiger partial charge in [0.25, 0.3) is 0 Å². The van der Waals surface area contributed by atoms with Crippen LogP contribution in [0, 0.1) is 0 Å². The second kappa shape index (κ2) is 10.7. The first-order chi connectivity index (χ1) is 16.5. The van der Waals surface area contributed by atoms with E-state index >= 15 is 0 Å². The lowest BCUT2D eigenvalue weighted by molar-refractivity contribution is 0.0519. The molecule has 5 nitrogen and oxygen atoms in total. The van der Waals surface area contributed by atoms with E-state index in [-0.39, 0.29) is 5.69 Å². The highest BCUT2D eigenvalue weighted by Crippen LogP contribution is 2.30. The lowest BCUT2D eigenvalue weighted by Crippen LogP contribution is -2.08. The first-order valence-electron chi connectivity index (χ1n) is 11.5. The van der Waals surface area contributed by atoms with Crippen molar-refractivity contribution in [2.45, 2.75) is 26.7 Å². The van der Waals surface area contributed by atoms with Gasteiger partial charge < -0.3 is 15.4 Å². The molecule has 0 amide bonds. The molecular formula is C29H29N3O2. The Labute approximate surface area is 200 Å². The number of nitrogens with zero attached hydrogens (tertiary/aromatic N) is 1. The molecular weight excluding hydrogens is 422 g/mol. The lowest BCUT2D eigenvalue weighted by Gasteiger charge is -2.14. The summed E-state index contributed by atoms with van der Waals surface area (Å²) in [6.45, 7) is 6.54. The van der Waals surface area contributed by atoms with E-state index in [4.69, 9.17) is 4.74 Å². The van der Waals surface area contributed by atoms with Crippen molar-refractivity contribution in [3.8, 4) is 11.1 Å². The van der Waals surface area contributed by atoms with Gasteiger partial charge in [0, 0.05) is 17.1 Å². The van der Waals surface area contributed by atoms with Crippen LogP contribution in [0.25, 0.3) is 11.1 Å². The van der Waals surface area contributed by atoms with E-state index in [1.165, 1.54) is 16.7 Å². The predicted octanol–water partition coefficient (Wildman–Crippen LogP) is 7.54. The summed E-state index contributed by atoms with van der Waals surface area (Å²) in [5.74, 6) is 0.636. The highest BCUT2D eigenvalue weighted by Gasteiger charge is 2.09. The highest BCUT2D eigenvalue weighted by atomic mass is 16.5. The number of pyridine rings is 1. The quantitative estimate of drug-likeness (QED) is 0.271. The molecule has 0 saturated carbocycles. The SMILES string of the molecule is CCOC(=O)c1cccc(Nc2ccc(Nc3ccc(-c4ccccc4C(C)C)cc3)cc2)n1. The van der Waals surface area contributed by atoms with Crippen LogP contribution < -0.4 is 10.6 Å². The Kier molecular flexibility index (Phi) is 7.23. The zero-order valence-electron chi connectivity index (χ0n) is 19.7. The van der Waals surface area contributed by atoms with Crippen LogP contribution in [-0.2, 0) is 4.74 Å². The minimum absolute atomic E-state index is 0.282. The number of hydrogen-bond donors (Lipinski definition) is 2. The van der Waals surface area contributed by atoms with Crippen molar-refractivity contribution >= 4 is 28.8 Å². The summed E-state index contributed by atoms with van der Waals surface area (Å²) >= 11 is 0. The van der Waals surface area contributed by atoms with Crippen molar-refractivity contribution in [1.82, 2.24) is 4.98 Å². The summed E-state index contributed by atoms with van der Waals surface area (Å²) in [5, 5.41) is 6.67. The van der Waals surface area contributed by atoms with Gasteiger partial charge in [0.1, 0.15) is 5.82 Å². The largest absolute Gasteiger partial charge is 0.461 e. The molecule has 172 valence electrons. The first kappa shape index (κ1) is 23.1. The van der Waals surface area contributed by atoms with Gasteiger partial charge in [0.2, 0.25) is 0 Å². The number of esters is 1. The molecule has 34 heavy (non-hydrogen) atoms. The van der Waals surface area contributed by atoms with Gasteiger partial charge in [-0.25, -0.2) is 9.78 Å². The molecule has 0 saturated heterocycles. The van der Waals surface area contributed by atoms with Gasteiger partial charge in [-0.3, -0.25) is 0 Å². The first-order valence-corrected chi connectivity index (χ1v) is 11.5.